The number of β-amino-alcohol motifs (C(OH)–C–C–N with tert-alkyl or cyclic N) is 1. The number of hydrogen-bond acceptors (Lipinski definition) is 6. The molecule has 8 nitrogen and oxygen atoms in total. The lowest BCUT2D eigenvalue weighted by Crippen LogP contribution is -2.46. The Labute approximate surface area is 143 Å². The van der Waals surface area contributed by atoms with Crippen molar-refractivity contribution in [3.63, 3.8) is 0 Å². The van der Waals surface area contributed by atoms with Crippen molar-refractivity contribution in [1.82, 2.24) is 14.9 Å². The first-order chi connectivity index (χ1) is 12.1. The second-order valence-electron chi connectivity index (χ2n) is 6.12. The zero-order valence-corrected chi connectivity index (χ0v) is 13.3. The summed E-state index contributed by atoms with van der Waals surface area (Å²) in [6.45, 7) is 0.912. The topological polar surface area (TPSA) is 105 Å². The number of H-pyrrole nitrogens is 1. The largest absolute Gasteiger partial charge is 0.454 e. The molecular weight excluding hydrogens is 326 g/mol. The van der Waals surface area contributed by atoms with Crippen LogP contribution >= 0.6 is 0 Å². The van der Waals surface area contributed by atoms with Crippen LogP contribution in [0, 0.1) is 0 Å². The molecule has 1 aromatic heterocycles. The first-order valence-corrected chi connectivity index (χ1v) is 8.03. The summed E-state index contributed by atoms with van der Waals surface area (Å²) in [6, 6.07) is 5.64. The monoisotopic (exact) mass is 343 g/mol. The molecule has 8 heteroatoms. The summed E-state index contributed by atoms with van der Waals surface area (Å²) in [5.41, 5.74) is 0.762. The van der Waals surface area contributed by atoms with E-state index in [0.29, 0.717) is 24.5 Å². The van der Waals surface area contributed by atoms with E-state index >= 15 is 0 Å². The summed E-state index contributed by atoms with van der Waals surface area (Å²) in [7, 11) is 0. The van der Waals surface area contributed by atoms with Crippen molar-refractivity contribution in [3.05, 3.63) is 52.2 Å². The number of aromatic amines is 1. The maximum Gasteiger partial charge on any atom is 0.274 e. The Bertz CT molecular complexity index is 845. The summed E-state index contributed by atoms with van der Waals surface area (Å²) in [5.74, 6) is 0.997. The Hall–Kier alpha value is -2.87. The minimum absolute atomic E-state index is 0.0814. The van der Waals surface area contributed by atoms with Gasteiger partial charge in [-0.3, -0.25) is 9.59 Å². The normalized spacial score (nSPS) is 22.0. The Morgan fingerprint density at radius 3 is 2.92 bits per heavy atom. The number of fused-ring (bicyclic) bond motifs is 1. The molecule has 4 rings (SSSR count). The zero-order valence-electron chi connectivity index (χ0n) is 13.3. The van der Waals surface area contributed by atoms with Gasteiger partial charge in [0.15, 0.2) is 11.5 Å². The molecular formula is C17H17N3O5. The molecule has 1 fully saturated rings. The van der Waals surface area contributed by atoms with Gasteiger partial charge in [0.05, 0.1) is 12.3 Å². The van der Waals surface area contributed by atoms with Gasteiger partial charge in [0, 0.05) is 25.2 Å². The van der Waals surface area contributed by atoms with Gasteiger partial charge in [0.25, 0.3) is 11.5 Å². The van der Waals surface area contributed by atoms with Crippen LogP contribution in [-0.2, 0) is 0 Å². The van der Waals surface area contributed by atoms with Crippen LogP contribution in [0.25, 0.3) is 0 Å². The average Bonchev–Trinajstić information content (AvgIpc) is 3.09. The lowest BCUT2D eigenvalue weighted by atomic mass is 9.87. The van der Waals surface area contributed by atoms with Gasteiger partial charge in [-0.15, -0.1) is 0 Å². The van der Waals surface area contributed by atoms with E-state index in [1.165, 1.54) is 6.20 Å². The average molecular weight is 343 g/mol. The quantitative estimate of drug-likeness (QED) is 0.822. The van der Waals surface area contributed by atoms with Crippen molar-refractivity contribution < 1.29 is 19.4 Å². The minimum atomic E-state index is -0.694. The fourth-order valence-corrected chi connectivity index (χ4v) is 3.27. The molecule has 2 aliphatic heterocycles. The second-order valence-corrected chi connectivity index (χ2v) is 6.12. The van der Waals surface area contributed by atoms with Gasteiger partial charge < -0.3 is 24.5 Å². The van der Waals surface area contributed by atoms with E-state index in [-0.39, 0.29) is 36.4 Å². The predicted octanol–water partition coefficient (Wildman–Crippen LogP) is 0.489. The Balaban J connectivity index is 1.47. The van der Waals surface area contributed by atoms with E-state index in [1.54, 1.807) is 4.90 Å². The molecule has 0 spiro atoms. The predicted molar refractivity (Wildman–Crippen MR) is 86.7 cm³/mol. The van der Waals surface area contributed by atoms with Crippen LogP contribution in [-0.4, -0.2) is 51.9 Å². The lowest BCUT2D eigenvalue weighted by molar-refractivity contribution is 0.0377. The number of benzene rings is 1. The third-order valence-corrected chi connectivity index (χ3v) is 4.59. The van der Waals surface area contributed by atoms with Gasteiger partial charge in [-0.05, 0) is 24.1 Å². The van der Waals surface area contributed by atoms with Gasteiger partial charge in [-0.2, -0.15) is 0 Å². The van der Waals surface area contributed by atoms with Crippen molar-refractivity contribution in [2.24, 2.45) is 0 Å². The molecule has 1 saturated heterocycles. The molecule has 2 atom stereocenters. The standard InChI is InChI=1S/C17H17N3O5/c21-13-8-20(17(23)12-6-19-16(22)7-18-12)4-3-11(13)10-1-2-14-15(5-10)25-9-24-14/h1-2,5-7,11,13,21H,3-4,8-9H2,(H,19,22)/t11-,13+/m0/s1. The summed E-state index contributed by atoms with van der Waals surface area (Å²) in [4.78, 5) is 31.3. The van der Waals surface area contributed by atoms with Crippen molar-refractivity contribution in [1.29, 1.82) is 0 Å². The van der Waals surface area contributed by atoms with Crippen LogP contribution in [0.2, 0.25) is 0 Å². The van der Waals surface area contributed by atoms with Crippen LogP contribution in [0.15, 0.2) is 35.4 Å². The van der Waals surface area contributed by atoms with Gasteiger partial charge in [-0.25, -0.2) is 4.98 Å². The van der Waals surface area contributed by atoms with Crippen LogP contribution in [0.4, 0.5) is 0 Å². The van der Waals surface area contributed by atoms with Crippen LogP contribution in [0.1, 0.15) is 28.4 Å². The first kappa shape index (κ1) is 15.6. The van der Waals surface area contributed by atoms with E-state index in [2.05, 4.69) is 9.97 Å². The molecule has 25 heavy (non-hydrogen) atoms. The third-order valence-electron chi connectivity index (χ3n) is 4.59. The van der Waals surface area contributed by atoms with Crippen molar-refractivity contribution in [3.8, 4) is 11.5 Å². The van der Waals surface area contributed by atoms with Crippen molar-refractivity contribution >= 4 is 5.91 Å². The molecule has 0 unspecified atom stereocenters. The smallest absolute Gasteiger partial charge is 0.274 e. The highest BCUT2D eigenvalue weighted by Gasteiger charge is 2.32. The Morgan fingerprint density at radius 1 is 1.32 bits per heavy atom. The Kier molecular flexibility index (Phi) is 3.89. The number of rotatable bonds is 2. The molecule has 1 aromatic carbocycles. The van der Waals surface area contributed by atoms with E-state index in [9.17, 15) is 14.7 Å². The molecule has 130 valence electrons. The summed E-state index contributed by atoms with van der Waals surface area (Å²) < 4.78 is 10.7. The Morgan fingerprint density at radius 2 is 2.16 bits per heavy atom. The van der Waals surface area contributed by atoms with E-state index < -0.39 is 6.10 Å². The summed E-state index contributed by atoms with van der Waals surface area (Å²) in [6.07, 6.45) is 2.29. The highest BCUT2D eigenvalue weighted by molar-refractivity contribution is 5.92. The number of likely N-dealkylation sites (tertiary alicyclic amines) is 1. The molecule has 0 saturated carbocycles. The van der Waals surface area contributed by atoms with Crippen molar-refractivity contribution in [2.75, 3.05) is 19.9 Å². The third kappa shape index (κ3) is 2.96. The number of carbonyl (C=O) groups excluding carboxylic acids is 1. The van der Waals surface area contributed by atoms with Gasteiger partial charge >= 0.3 is 0 Å². The van der Waals surface area contributed by atoms with Crippen LogP contribution < -0.4 is 15.0 Å². The lowest BCUT2D eigenvalue weighted by Gasteiger charge is -2.36. The fraction of sp³-hybridized carbons (Fsp3) is 0.353. The molecule has 0 aliphatic carbocycles. The second kappa shape index (κ2) is 6.21. The first-order valence-electron chi connectivity index (χ1n) is 8.03. The van der Waals surface area contributed by atoms with Gasteiger partial charge in [-0.1, -0.05) is 6.07 Å². The number of nitrogens with one attached hydrogen (secondary N) is 1. The SMILES string of the molecule is O=C(c1c[nH]c(=O)cn1)N1CC[C@@H](c2ccc3c(c2)OCO3)[C@H](O)C1. The van der Waals surface area contributed by atoms with Crippen LogP contribution in [0.5, 0.6) is 11.5 Å². The number of aliphatic hydroxyl groups excluding tert-OH is 1. The molecule has 3 heterocycles. The highest BCUT2D eigenvalue weighted by Crippen LogP contribution is 2.37. The molecule has 1 amide bonds. The summed E-state index contributed by atoms with van der Waals surface area (Å²) >= 11 is 0. The molecule has 2 N–H and O–H groups in total. The maximum absolute atomic E-state index is 12.4. The summed E-state index contributed by atoms with van der Waals surface area (Å²) in [5, 5.41) is 10.5. The number of aromatic nitrogens is 2. The van der Waals surface area contributed by atoms with Crippen LogP contribution in [0.3, 0.4) is 0 Å². The van der Waals surface area contributed by atoms with E-state index in [0.717, 1.165) is 11.8 Å². The fourth-order valence-electron chi connectivity index (χ4n) is 3.27. The number of nitrogens with zero attached hydrogens (tertiary/aromatic N) is 2. The number of aliphatic hydroxyl groups is 1. The molecule has 2 aromatic rings. The molecule has 2 aliphatic rings. The van der Waals surface area contributed by atoms with E-state index in [4.69, 9.17) is 9.47 Å². The molecule has 0 bridgehead atoms. The molecule has 0 radical (unpaired) electrons. The maximum atomic E-state index is 12.4. The van der Waals surface area contributed by atoms with E-state index in [1.807, 2.05) is 18.2 Å². The number of piperidine rings is 1. The van der Waals surface area contributed by atoms with Gasteiger partial charge in [0.1, 0.15) is 5.69 Å². The number of amides is 1. The zero-order chi connectivity index (χ0) is 17.4. The number of carbonyl (C=O) groups is 1. The minimum Gasteiger partial charge on any atom is -0.454 e. The number of ether oxygens (including phenoxy) is 2. The van der Waals surface area contributed by atoms with Crippen molar-refractivity contribution in [2.45, 2.75) is 18.4 Å². The van der Waals surface area contributed by atoms with Gasteiger partial charge in [0.2, 0.25) is 6.79 Å². The highest BCUT2D eigenvalue weighted by atomic mass is 16.7. The number of hydrogen-bond donors (Lipinski definition) is 2.